The molecule has 2 aromatic heterocycles. The molecule has 160 valence electrons. The summed E-state index contributed by atoms with van der Waals surface area (Å²) in [4.78, 5) is 34.5. The first-order valence-corrected chi connectivity index (χ1v) is 9.94. The van der Waals surface area contributed by atoms with Gasteiger partial charge in [-0.05, 0) is 33.6 Å². The highest BCUT2D eigenvalue weighted by Crippen LogP contribution is 2.47. The number of hydrogen-bond donors (Lipinski definition) is 2. The topological polar surface area (TPSA) is 122 Å². The SMILES string of the molecule is COC(=O)c1cnc(C2(Nc3n[nH]c4c3CN(C(=O)OC(C)(C)C)CC4)CC2)nc1. The molecule has 1 aliphatic carbocycles. The molecule has 1 aliphatic heterocycles. The van der Waals surface area contributed by atoms with Crippen molar-refractivity contribution in [2.45, 2.75) is 57.7 Å². The number of methoxy groups -OCH3 is 1. The van der Waals surface area contributed by atoms with E-state index >= 15 is 0 Å². The van der Waals surface area contributed by atoms with Gasteiger partial charge in [0.25, 0.3) is 0 Å². The molecule has 30 heavy (non-hydrogen) atoms. The number of rotatable bonds is 4. The predicted molar refractivity (Wildman–Crippen MR) is 107 cm³/mol. The molecule has 0 unspecified atom stereocenters. The van der Waals surface area contributed by atoms with E-state index in [0.717, 1.165) is 24.1 Å². The Kier molecular flexibility index (Phi) is 4.87. The Morgan fingerprint density at radius 3 is 2.53 bits per heavy atom. The summed E-state index contributed by atoms with van der Waals surface area (Å²) >= 11 is 0. The van der Waals surface area contributed by atoms with Crippen LogP contribution >= 0.6 is 0 Å². The number of hydrogen-bond acceptors (Lipinski definition) is 8. The molecule has 2 aromatic rings. The van der Waals surface area contributed by atoms with Crippen molar-refractivity contribution in [3.05, 3.63) is 35.0 Å². The Labute approximate surface area is 174 Å². The van der Waals surface area contributed by atoms with E-state index in [-0.39, 0.29) is 6.09 Å². The van der Waals surface area contributed by atoms with Crippen molar-refractivity contribution in [3.63, 3.8) is 0 Å². The highest BCUT2D eigenvalue weighted by atomic mass is 16.6. The number of aromatic amines is 1. The number of carbonyl (C=O) groups is 2. The number of carbonyl (C=O) groups excluding carboxylic acids is 2. The maximum atomic E-state index is 12.5. The van der Waals surface area contributed by atoms with Crippen molar-refractivity contribution < 1.29 is 19.1 Å². The fraction of sp³-hybridized carbons (Fsp3) is 0.550. The van der Waals surface area contributed by atoms with E-state index in [4.69, 9.17) is 9.47 Å². The number of ether oxygens (including phenoxy) is 2. The van der Waals surface area contributed by atoms with E-state index in [1.165, 1.54) is 19.5 Å². The highest BCUT2D eigenvalue weighted by Gasteiger charge is 2.48. The molecule has 0 aromatic carbocycles. The van der Waals surface area contributed by atoms with Crippen LogP contribution in [0, 0.1) is 0 Å². The van der Waals surface area contributed by atoms with E-state index < -0.39 is 17.1 Å². The number of nitrogens with one attached hydrogen (secondary N) is 2. The van der Waals surface area contributed by atoms with Crippen LogP contribution in [-0.4, -0.2) is 56.4 Å². The van der Waals surface area contributed by atoms with Gasteiger partial charge in [-0.25, -0.2) is 19.6 Å². The molecule has 10 heteroatoms. The fourth-order valence-corrected chi connectivity index (χ4v) is 3.44. The Balaban J connectivity index is 1.50. The molecule has 3 heterocycles. The molecule has 2 aliphatic rings. The van der Waals surface area contributed by atoms with Crippen LogP contribution < -0.4 is 5.32 Å². The number of fused-ring (bicyclic) bond motifs is 1. The van der Waals surface area contributed by atoms with Crippen LogP contribution in [0.4, 0.5) is 10.6 Å². The number of anilines is 1. The molecular formula is C20H26N6O4. The quantitative estimate of drug-likeness (QED) is 0.731. The van der Waals surface area contributed by atoms with Crippen LogP contribution in [0.25, 0.3) is 0 Å². The first-order valence-electron chi connectivity index (χ1n) is 9.94. The third-order valence-corrected chi connectivity index (χ3v) is 5.19. The standard InChI is InChI=1S/C20H26N6O4/c1-19(2,3)30-18(28)26-8-5-14-13(11-26)15(25-24-14)23-20(6-7-20)17-21-9-12(10-22-17)16(27)29-4/h9-10H,5-8,11H2,1-4H3,(H2,23,24,25). The van der Waals surface area contributed by atoms with E-state index in [1.54, 1.807) is 4.90 Å². The lowest BCUT2D eigenvalue weighted by molar-refractivity contribution is 0.0224. The molecule has 1 saturated carbocycles. The van der Waals surface area contributed by atoms with Gasteiger partial charge in [-0.15, -0.1) is 0 Å². The monoisotopic (exact) mass is 414 g/mol. The van der Waals surface area contributed by atoms with E-state index in [0.29, 0.717) is 36.7 Å². The van der Waals surface area contributed by atoms with Crippen molar-refractivity contribution in [3.8, 4) is 0 Å². The number of aromatic nitrogens is 4. The average Bonchev–Trinajstić information content (AvgIpc) is 3.39. The summed E-state index contributed by atoms with van der Waals surface area (Å²) in [5.41, 5.74) is 1.30. The molecule has 1 amide bonds. The average molecular weight is 414 g/mol. The third-order valence-electron chi connectivity index (χ3n) is 5.19. The molecule has 1 fully saturated rings. The molecule has 0 saturated heterocycles. The minimum absolute atomic E-state index is 0.308. The Morgan fingerprint density at radius 2 is 1.93 bits per heavy atom. The van der Waals surface area contributed by atoms with E-state index in [9.17, 15) is 9.59 Å². The Bertz CT molecular complexity index is 959. The minimum atomic E-state index is -0.541. The molecule has 10 nitrogen and oxygen atoms in total. The lowest BCUT2D eigenvalue weighted by Gasteiger charge is -2.30. The lowest BCUT2D eigenvalue weighted by atomic mass is 10.1. The fourth-order valence-electron chi connectivity index (χ4n) is 3.44. The summed E-state index contributed by atoms with van der Waals surface area (Å²) in [6.07, 6.45) is 4.99. The second-order valence-electron chi connectivity index (χ2n) is 8.68. The number of esters is 1. The molecule has 0 bridgehead atoms. The largest absolute Gasteiger partial charge is 0.465 e. The van der Waals surface area contributed by atoms with Crippen molar-refractivity contribution in [2.75, 3.05) is 19.0 Å². The zero-order valence-electron chi connectivity index (χ0n) is 17.6. The van der Waals surface area contributed by atoms with Gasteiger partial charge >= 0.3 is 12.1 Å². The van der Waals surface area contributed by atoms with Gasteiger partial charge in [0.05, 0.1) is 24.8 Å². The van der Waals surface area contributed by atoms with Crippen molar-refractivity contribution >= 4 is 17.9 Å². The molecule has 0 spiro atoms. The van der Waals surface area contributed by atoms with Crippen LogP contribution in [0.1, 0.15) is 61.1 Å². The predicted octanol–water partition coefficient (Wildman–Crippen LogP) is 2.38. The maximum Gasteiger partial charge on any atom is 0.410 e. The highest BCUT2D eigenvalue weighted by molar-refractivity contribution is 5.88. The smallest absolute Gasteiger partial charge is 0.410 e. The second kappa shape index (κ2) is 7.26. The number of amides is 1. The summed E-state index contributed by atoms with van der Waals surface area (Å²) in [7, 11) is 1.32. The van der Waals surface area contributed by atoms with E-state index in [2.05, 4.69) is 25.5 Å². The zero-order chi connectivity index (χ0) is 21.5. The second-order valence-corrected chi connectivity index (χ2v) is 8.68. The summed E-state index contributed by atoms with van der Waals surface area (Å²) in [5, 5.41) is 11.0. The molecule has 4 rings (SSSR count). The van der Waals surface area contributed by atoms with Crippen LogP contribution in [0.3, 0.4) is 0 Å². The van der Waals surface area contributed by atoms with Crippen LogP contribution in [0.2, 0.25) is 0 Å². The molecular weight excluding hydrogens is 388 g/mol. The van der Waals surface area contributed by atoms with Crippen molar-refractivity contribution in [1.29, 1.82) is 0 Å². The Morgan fingerprint density at radius 1 is 1.23 bits per heavy atom. The normalized spacial score (nSPS) is 17.1. The minimum Gasteiger partial charge on any atom is -0.465 e. The summed E-state index contributed by atoms with van der Waals surface area (Å²) in [6, 6.07) is 0. The first-order chi connectivity index (χ1) is 14.2. The van der Waals surface area contributed by atoms with Gasteiger partial charge in [0, 0.05) is 36.6 Å². The summed E-state index contributed by atoms with van der Waals surface area (Å²) < 4.78 is 10.2. The van der Waals surface area contributed by atoms with Gasteiger partial charge in [0.1, 0.15) is 5.60 Å². The van der Waals surface area contributed by atoms with Crippen molar-refractivity contribution in [1.82, 2.24) is 25.1 Å². The summed E-state index contributed by atoms with van der Waals surface area (Å²) in [5.74, 6) is 0.825. The first kappa shape index (κ1) is 20.1. The van der Waals surface area contributed by atoms with Crippen LogP contribution in [0.15, 0.2) is 12.4 Å². The van der Waals surface area contributed by atoms with Crippen molar-refractivity contribution in [2.24, 2.45) is 0 Å². The maximum absolute atomic E-state index is 12.5. The van der Waals surface area contributed by atoms with Gasteiger partial charge < -0.3 is 19.7 Å². The number of nitrogens with zero attached hydrogens (tertiary/aromatic N) is 4. The third kappa shape index (κ3) is 3.94. The Hall–Kier alpha value is -3.17. The number of H-pyrrole nitrogens is 1. The van der Waals surface area contributed by atoms with Gasteiger partial charge in [-0.2, -0.15) is 5.10 Å². The zero-order valence-corrected chi connectivity index (χ0v) is 17.6. The van der Waals surface area contributed by atoms with Crippen LogP contribution in [0.5, 0.6) is 0 Å². The summed E-state index contributed by atoms with van der Waals surface area (Å²) in [6.45, 7) is 6.56. The van der Waals surface area contributed by atoms with E-state index in [1.807, 2.05) is 20.8 Å². The van der Waals surface area contributed by atoms with Crippen LogP contribution in [-0.2, 0) is 28.0 Å². The van der Waals surface area contributed by atoms with Gasteiger partial charge in [-0.3, -0.25) is 5.10 Å². The van der Waals surface area contributed by atoms with Gasteiger partial charge in [-0.1, -0.05) is 0 Å². The molecule has 0 atom stereocenters. The lowest BCUT2D eigenvalue weighted by Crippen LogP contribution is -2.40. The molecule has 2 N–H and O–H groups in total. The van der Waals surface area contributed by atoms with Gasteiger partial charge in [0.15, 0.2) is 11.6 Å². The molecule has 0 radical (unpaired) electrons. The van der Waals surface area contributed by atoms with Gasteiger partial charge in [0.2, 0.25) is 0 Å².